The van der Waals surface area contributed by atoms with Gasteiger partial charge in [0.15, 0.2) is 0 Å². The Hall–Kier alpha value is -1.96. The zero-order valence-corrected chi connectivity index (χ0v) is 16.7. The molecule has 2 aromatic rings. The molecule has 0 heterocycles. The van der Waals surface area contributed by atoms with E-state index in [4.69, 9.17) is 0 Å². The summed E-state index contributed by atoms with van der Waals surface area (Å²) >= 11 is 0. The third-order valence-corrected chi connectivity index (χ3v) is 4.40. The van der Waals surface area contributed by atoms with Gasteiger partial charge in [0.25, 0.3) is 0 Å². The molecule has 0 aromatic heterocycles. The molecule has 2 aromatic carbocycles. The summed E-state index contributed by atoms with van der Waals surface area (Å²) < 4.78 is 0. The van der Waals surface area contributed by atoms with Crippen LogP contribution in [0.3, 0.4) is 0 Å². The van der Waals surface area contributed by atoms with Gasteiger partial charge < -0.3 is 10.6 Å². The third kappa shape index (κ3) is 5.52. The molecule has 25 heavy (non-hydrogen) atoms. The molecular weight excluding hydrogens is 304 g/mol. The van der Waals surface area contributed by atoms with Crippen LogP contribution in [0.15, 0.2) is 36.4 Å². The molecule has 0 bridgehead atoms. The zero-order valence-electron chi connectivity index (χ0n) is 16.7. The van der Waals surface area contributed by atoms with Gasteiger partial charge in [0, 0.05) is 23.5 Å². The summed E-state index contributed by atoms with van der Waals surface area (Å²) in [6.45, 7) is 13.2. The third-order valence-electron chi connectivity index (χ3n) is 4.40. The van der Waals surface area contributed by atoms with E-state index in [0.717, 1.165) is 19.3 Å². The summed E-state index contributed by atoms with van der Waals surface area (Å²) in [6, 6.07) is 14.6. The van der Waals surface area contributed by atoms with Gasteiger partial charge in [0.1, 0.15) is 0 Å². The molecule has 0 saturated carbocycles. The Balaban J connectivity index is 2.21. The minimum atomic E-state index is 0.462. The van der Waals surface area contributed by atoms with Crippen molar-refractivity contribution in [2.24, 2.45) is 0 Å². The van der Waals surface area contributed by atoms with E-state index in [0.29, 0.717) is 12.1 Å². The molecule has 0 amide bonds. The topological polar surface area (TPSA) is 24.1 Å². The first-order chi connectivity index (χ1) is 11.9. The summed E-state index contributed by atoms with van der Waals surface area (Å²) in [6.07, 6.45) is 3.10. The van der Waals surface area contributed by atoms with E-state index in [1.807, 2.05) is 0 Å². The first kappa shape index (κ1) is 19.4. The van der Waals surface area contributed by atoms with Gasteiger partial charge in [-0.1, -0.05) is 38.1 Å². The molecule has 0 atom stereocenters. The average molecular weight is 339 g/mol. The lowest BCUT2D eigenvalue weighted by Gasteiger charge is -2.17. The predicted molar refractivity (Wildman–Crippen MR) is 112 cm³/mol. The first-order valence-corrected chi connectivity index (χ1v) is 9.69. The summed E-state index contributed by atoms with van der Waals surface area (Å²) in [4.78, 5) is 0. The van der Waals surface area contributed by atoms with Crippen molar-refractivity contribution in [3.63, 3.8) is 0 Å². The molecule has 136 valence electrons. The van der Waals surface area contributed by atoms with Gasteiger partial charge in [0.05, 0.1) is 0 Å². The maximum atomic E-state index is 3.55. The van der Waals surface area contributed by atoms with Crippen LogP contribution >= 0.6 is 0 Å². The molecule has 0 unspecified atom stereocenters. The fourth-order valence-electron chi connectivity index (χ4n) is 3.24. The van der Waals surface area contributed by atoms with Crippen LogP contribution < -0.4 is 10.6 Å². The second-order valence-electron chi connectivity index (χ2n) is 7.46. The van der Waals surface area contributed by atoms with E-state index in [1.54, 1.807) is 0 Å². The number of hydrogen-bond acceptors (Lipinski definition) is 2. The Bertz CT molecular complexity index is 627. The Kier molecular flexibility index (Phi) is 6.92. The quantitative estimate of drug-likeness (QED) is 0.613. The largest absolute Gasteiger partial charge is 0.383 e. The smallest absolute Gasteiger partial charge is 0.0374 e. The Morgan fingerprint density at radius 3 is 1.40 bits per heavy atom. The van der Waals surface area contributed by atoms with Crippen LogP contribution in [0.25, 0.3) is 0 Å². The normalized spacial score (nSPS) is 11.2. The van der Waals surface area contributed by atoms with Crippen molar-refractivity contribution in [2.45, 2.75) is 72.9 Å². The Morgan fingerprint density at radius 1 is 0.680 bits per heavy atom. The molecule has 0 aliphatic carbocycles. The maximum absolute atomic E-state index is 3.55. The van der Waals surface area contributed by atoms with E-state index in [1.165, 1.54) is 33.6 Å². The van der Waals surface area contributed by atoms with Gasteiger partial charge in [-0.2, -0.15) is 0 Å². The highest BCUT2D eigenvalue weighted by molar-refractivity contribution is 5.56. The van der Waals surface area contributed by atoms with Gasteiger partial charge in [-0.15, -0.1) is 0 Å². The van der Waals surface area contributed by atoms with E-state index in [9.17, 15) is 0 Å². The molecule has 2 nitrogen and oxygen atoms in total. The van der Waals surface area contributed by atoms with Gasteiger partial charge >= 0.3 is 0 Å². The standard InChI is InChI=1S/C23H34N2/c1-7-20-14-18(9-11-22(20)24-16(3)4)13-19-10-12-23(25-17(5)6)21(8-2)15-19/h9-12,14-17,24-25H,7-8,13H2,1-6H3. The minimum Gasteiger partial charge on any atom is -0.383 e. The molecule has 0 saturated heterocycles. The van der Waals surface area contributed by atoms with Crippen molar-refractivity contribution in [3.05, 3.63) is 58.7 Å². The number of aryl methyl sites for hydroxylation is 2. The van der Waals surface area contributed by atoms with Crippen LogP contribution in [-0.2, 0) is 19.3 Å². The Labute approximate surface area is 154 Å². The predicted octanol–water partition coefficient (Wildman–Crippen LogP) is 6.04. The molecule has 2 heteroatoms. The van der Waals surface area contributed by atoms with E-state index in [-0.39, 0.29) is 0 Å². The van der Waals surface area contributed by atoms with Crippen LogP contribution in [0.4, 0.5) is 11.4 Å². The highest BCUT2D eigenvalue weighted by atomic mass is 14.9. The van der Waals surface area contributed by atoms with Crippen molar-refractivity contribution < 1.29 is 0 Å². The lowest BCUT2D eigenvalue weighted by Crippen LogP contribution is -2.12. The van der Waals surface area contributed by atoms with E-state index >= 15 is 0 Å². The molecule has 0 aliphatic heterocycles. The summed E-state index contributed by atoms with van der Waals surface area (Å²) in [5, 5.41) is 7.10. The molecule has 0 radical (unpaired) electrons. The van der Waals surface area contributed by atoms with E-state index < -0.39 is 0 Å². The maximum Gasteiger partial charge on any atom is 0.0374 e. The number of benzene rings is 2. The van der Waals surface area contributed by atoms with Gasteiger partial charge in [-0.25, -0.2) is 0 Å². The summed E-state index contributed by atoms with van der Waals surface area (Å²) in [5.41, 5.74) is 8.12. The van der Waals surface area contributed by atoms with Gasteiger partial charge in [-0.3, -0.25) is 0 Å². The monoisotopic (exact) mass is 338 g/mol. The fourth-order valence-corrected chi connectivity index (χ4v) is 3.24. The number of hydrogen-bond donors (Lipinski definition) is 2. The molecule has 2 N–H and O–H groups in total. The SMILES string of the molecule is CCc1cc(Cc2ccc(NC(C)C)c(CC)c2)ccc1NC(C)C. The Morgan fingerprint density at radius 2 is 1.08 bits per heavy atom. The second-order valence-corrected chi connectivity index (χ2v) is 7.46. The minimum absolute atomic E-state index is 0.462. The lowest BCUT2D eigenvalue weighted by molar-refractivity contribution is 0.892. The van der Waals surface area contributed by atoms with E-state index in [2.05, 4.69) is 88.6 Å². The highest BCUT2D eigenvalue weighted by Crippen LogP contribution is 2.24. The number of anilines is 2. The molecular formula is C23H34N2. The molecule has 0 aliphatic rings. The lowest BCUT2D eigenvalue weighted by atomic mass is 9.97. The summed E-state index contributed by atoms with van der Waals surface area (Å²) in [7, 11) is 0. The molecule has 0 fully saturated rings. The second kappa shape index (κ2) is 8.94. The highest BCUT2D eigenvalue weighted by Gasteiger charge is 2.07. The average Bonchev–Trinajstić information content (AvgIpc) is 2.56. The van der Waals surface area contributed by atoms with Gasteiger partial charge in [0.2, 0.25) is 0 Å². The van der Waals surface area contributed by atoms with Crippen molar-refractivity contribution in [3.8, 4) is 0 Å². The fraction of sp³-hybridized carbons (Fsp3) is 0.478. The van der Waals surface area contributed by atoms with Crippen LogP contribution in [0.1, 0.15) is 63.8 Å². The van der Waals surface area contributed by atoms with Crippen LogP contribution in [0.5, 0.6) is 0 Å². The van der Waals surface area contributed by atoms with Crippen LogP contribution in [0.2, 0.25) is 0 Å². The van der Waals surface area contributed by atoms with Gasteiger partial charge in [-0.05, 0) is 81.3 Å². The van der Waals surface area contributed by atoms with Crippen molar-refractivity contribution in [2.75, 3.05) is 10.6 Å². The zero-order chi connectivity index (χ0) is 18.4. The van der Waals surface area contributed by atoms with Crippen LogP contribution in [0, 0.1) is 0 Å². The van der Waals surface area contributed by atoms with Crippen molar-refractivity contribution >= 4 is 11.4 Å². The molecule has 0 spiro atoms. The first-order valence-electron chi connectivity index (χ1n) is 9.69. The van der Waals surface area contributed by atoms with Crippen molar-refractivity contribution in [1.82, 2.24) is 0 Å². The van der Waals surface area contributed by atoms with Crippen LogP contribution in [-0.4, -0.2) is 12.1 Å². The number of nitrogens with one attached hydrogen (secondary N) is 2. The van der Waals surface area contributed by atoms with Crippen molar-refractivity contribution in [1.29, 1.82) is 0 Å². The molecule has 2 rings (SSSR count). The number of rotatable bonds is 8. The summed E-state index contributed by atoms with van der Waals surface area (Å²) in [5.74, 6) is 0.